The molecular weight excluding hydrogens is 338 g/mol. The van der Waals surface area contributed by atoms with Crippen LogP contribution in [-0.2, 0) is 21.3 Å². The Kier molecular flexibility index (Phi) is 3.60. The first-order valence-electron chi connectivity index (χ1n) is 7.26. The highest BCUT2D eigenvalue weighted by Gasteiger charge is 2.45. The van der Waals surface area contributed by atoms with Crippen molar-refractivity contribution in [2.45, 2.75) is 24.9 Å². The quantitative estimate of drug-likeness (QED) is 0.778. The van der Waals surface area contributed by atoms with Crippen LogP contribution < -0.4 is 0 Å². The minimum Gasteiger partial charge on any atom is -0.343 e. The van der Waals surface area contributed by atoms with Crippen LogP contribution in [0, 0.1) is 4.77 Å². The van der Waals surface area contributed by atoms with Gasteiger partial charge < -0.3 is 14.0 Å². The molecule has 3 atom stereocenters. The fourth-order valence-electron chi connectivity index (χ4n) is 2.99. The molecule has 2 bridgehead atoms. The van der Waals surface area contributed by atoms with Gasteiger partial charge in [0.2, 0.25) is 6.29 Å². The molecular formula is C15H14ClN3O3S. The summed E-state index contributed by atoms with van der Waals surface area (Å²) in [5.74, 6) is 0.657. The van der Waals surface area contributed by atoms with E-state index in [1.165, 1.54) is 0 Å². The Hall–Kier alpha value is -1.54. The third kappa shape index (κ3) is 2.44. The van der Waals surface area contributed by atoms with Crippen LogP contribution >= 0.6 is 23.8 Å². The third-order valence-corrected chi connectivity index (χ3v) is 4.95. The second-order valence-electron chi connectivity index (χ2n) is 5.69. The van der Waals surface area contributed by atoms with Crippen molar-refractivity contribution in [3.8, 4) is 11.4 Å². The van der Waals surface area contributed by atoms with Gasteiger partial charge in [-0.05, 0) is 36.5 Å². The number of fused-ring (bicyclic) bond motifs is 2. The van der Waals surface area contributed by atoms with Crippen molar-refractivity contribution in [3.63, 3.8) is 0 Å². The maximum Gasteiger partial charge on any atom is 0.218 e. The number of ether oxygens (including phenoxy) is 2. The number of benzene rings is 1. The van der Waals surface area contributed by atoms with Crippen molar-refractivity contribution in [2.24, 2.45) is 7.05 Å². The van der Waals surface area contributed by atoms with Crippen LogP contribution in [0.1, 0.15) is 12.5 Å². The molecule has 0 amide bonds. The molecule has 0 radical (unpaired) electrons. The van der Waals surface area contributed by atoms with Gasteiger partial charge in [0.05, 0.1) is 12.6 Å². The highest BCUT2D eigenvalue weighted by molar-refractivity contribution is 7.71. The molecule has 1 aromatic carbocycles. The van der Waals surface area contributed by atoms with Crippen LogP contribution in [0.15, 0.2) is 24.3 Å². The van der Waals surface area contributed by atoms with Gasteiger partial charge in [-0.25, -0.2) is 4.68 Å². The zero-order chi connectivity index (χ0) is 16.1. The summed E-state index contributed by atoms with van der Waals surface area (Å²) in [5.41, 5.74) is 0.908. The summed E-state index contributed by atoms with van der Waals surface area (Å²) in [6.07, 6.45) is -0.594. The van der Waals surface area contributed by atoms with Gasteiger partial charge >= 0.3 is 0 Å². The number of nitrogens with zero attached hydrogens (tertiary/aromatic N) is 3. The Morgan fingerprint density at radius 1 is 1.35 bits per heavy atom. The number of carbonyl (C=O) groups excluding carboxylic acids is 1. The molecule has 0 saturated carbocycles. The molecule has 2 saturated heterocycles. The van der Waals surface area contributed by atoms with Gasteiger partial charge in [-0.15, -0.1) is 0 Å². The molecule has 4 rings (SSSR count). The van der Waals surface area contributed by atoms with Crippen LogP contribution in [0.4, 0.5) is 0 Å². The molecule has 8 heteroatoms. The zero-order valence-electron chi connectivity index (χ0n) is 12.3. The van der Waals surface area contributed by atoms with E-state index in [1.807, 2.05) is 35.9 Å². The first-order chi connectivity index (χ1) is 11.0. The van der Waals surface area contributed by atoms with E-state index in [9.17, 15) is 4.79 Å². The van der Waals surface area contributed by atoms with E-state index in [-0.39, 0.29) is 17.9 Å². The average molecular weight is 352 g/mol. The standard InChI is InChI=1S/C15H14ClN3O3S/c1-18-13(8-2-4-9(16)5-3-8)17-19(15(18)23)10-6-11(20)14-21-7-12(10)22-14/h2-5,10,12,14H,6-7H2,1H3/t10-,12-,14+/m0/s1. The van der Waals surface area contributed by atoms with E-state index in [0.29, 0.717) is 22.8 Å². The molecule has 6 nitrogen and oxygen atoms in total. The van der Waals surface area contributed by atoms with Gasteiger partial charge in [0.15, 0.2) is 16.4 Å². The van der Waals surface area contributed by atoms with Crippen molar-refractivity contribution in [2.75, 3.05) is 6.61 Å². The first-order valence-corrected chi connectivity index (χ1v) is 8.04. The molecule has 2 aliphatic rings. The molecule has 1 aromatic heterocycles. The Labute approximate surface area is 142 Å². The Morgan fingerprint density at radius 2 is 2.09 bits per heavy atom. The fourth-order valence-corrected chi connectivity index (χ4v) is 3.38. The molecule has 0 unspecified atom stereocenters. The van der Waals surface area contributed by atoms with Crippen molar-refractivity contribution in [3.05, 3.63) is 34.1 Å². The maximum absolute atomic E-state index is 12.0. The van der Waals surface area contributed by atoms with E-state index >= 15 is 0 Å². The van der Waals surface area contributed by atoms with Gasteiger partial charge in [-0.1, -0.05) is 11.6 Å². The van der Waals surface area contributed by atoms with E-state index in [0.717, 1.165) is 11.4 Å². The molecule has 23 heavy (non-hydrogen) atoms. The lowest BCUT2D eigenvalue weighted by atomic mass is 10.0. The smallest absolute Gasteiger partial charge is 0.218 e. The predicted octanol–water partition coefficient (Wildman–Crippen LogP) is 2.53. The second-order valence-corrected chi connectivity index (χ2v) is 6.50. The predicted molar refractivity (Wildman–Crippen MR) is 85.8 cm³/mol. The number of halogens is 1. The molecule has 0 aliphatic carbocycles. The molecule has 2 fully saturated rings. The van der Waals surface area contributed by atoms with Crippen LogP contribution in [0.3, 0.4) is 0 Å². The van der Waals surface area contributed by atoms with Crippen LogP contribution in [0.2, 0.25) is 5.02 Å². The van der Waals surface area contributed by atoms with Crippen LogP contribution in [0.25, 0.3) is 11.4 Å². The first kappa shape index (κ1) is 15.0. The van der Waals surface area contributed by atoms with Crippen molar-refractivity contribution in [1.29, 1.82) is 0 Å². The lowest BCUT2D eigenvalue weighted by molar-refractivity contribution is -0.156. The largest absolute Gasteiger partial charge is 0.343 e. The van der Waals surface area contributed by atoms with E-state index in [1.54, 1.807) is 4.68 Å². The number of rotatable bonds is 2. The fraction of sp³-hybridized carbons (Fsp3) is 0.400. The highest BCUT2D eigenvalue weighted by atomic mass is 35.5. The molecule has 0 spiro atoms. The summed E-state index contributed by atoms with van der Waals surface area (Å²) in [6, 6.07) is 7.16. The number of aromatic nitrogens is 3. The molecule has 2 aromatic rings. The summed E-state index contributed by atoms with van der Waals surface area (Å²) in [5, 5.41) is 5.29. The highest BCUT2D eigenvalue weighted by Crippen LogP contribution is 2.33. The lowest BCUT2D eigenvalue weighted by Gasteiger charge is -2.26. The van der Waals surface area contributed by atoms with Crippen molar-refractivity contribution >= 4 is 29.6 Å². The summed E-state index contributed by atoms with van der Waals surface area (Å²) in [4.78, 5) is 12.0. The molecule has 3 heterocycles. The molecule has 120 valence electrons. The van der Waals surface area contributed by atoms with Crippen LogP contribution in [-0.4, -0.2) is 39.1 Å². The monoisotopic (exact) mass is 351 g/mol. The summed E-state index contributed by atoms with van der Waals surface area (Å²) in [7, 11) is 1.86. The average Bonchev–Trinajstić information content (AvgIpc) is 3.09. The van der Waals surface area contributed by atoms with Gasteiger partial charge in [-0.2, -0.15) is 5.10 Å². The van der Waals surface area contributed by atoms with Gasteiger partial charge in [0, 0.05) is 24.1 Å². The molecule has 2 aliphatic heterocycles. The molecule has 0 N–H and O–H groups in total. The van der Waals surface area contributed by atoms with E-state index < -0.39 is 6.29 Å². The zero-order valence-corrected chi connectivity index (χ0v) is 13.9. The summed E-state index contributed by atoms with van der Waals surface area (Å²) in [6.45, 7) is 0.385. The third-order valence-electron chi connectivity index (χ3n) is 4.23. The minimum absolute atomic E-state index is 0.0654. The number of Topliss-reactive ketones (excluding diaryl/α,β-unsaturated/α-hetero) is 1. The van der Waals surface area contributed by atoms with E-state index in [4.69, 9.17) is 33.3 Å². The number of hydrogen-bond acceptors (Lipinski definition) is 5. The van der Waals surface area contributed by atoms with Crippen LogP contribution in [0.5, 0.6) is 0 Å². The Morgan fingerprint density at radius 3 is 2.83 bits per heavy atom. The van der Waals surface area contributed by atoms with Gasteiger partial charge in [0.1, 0.15) is 6.10 Å². The number of ketones is 1. The summed E-state index contributed by atoms with van der Waals surface area (Å²) < 4.78 is 15.0. The van der Waals surface area contributed by atoms with E-state index in [2.05, 4.69) is 5.10 Å². The topological polar surface area (TPSA) is 58.3 Å². The van der Waals surface area contributed by atoms with Gasteiger partial charge in [-0.3, -0.25) is 4.79 Å². The minimum atomic E-state index is -0.718. The number of hydrogen-bond donors (Lipinski definition) is 0. The number of carbonyl (C=O) groups is 1. The normalized spacial score (nSPS) is 26.7. The van der Waals surface area contributed by atoms with Gasteiger partial charge in [0.25, 0.3) is 0 Å². The van der Waals surface area contributed by atoms with Crippen molar-refractivity contribution < 1.29 is 14.3 Å². The maximum atomic E-state index is 12.0. The lowest BCUT2D eigenvalue weighted by Crippen LogP contribution is -2.37. The van der Waals surface area contributed by atoms with Crippen molar-refractivity contribution in [1.82, 2.24) is 14.3 Å². The Bertz CT molecular complexity index is 829. The SMILES string of the molecule is Cn1c(-c2ccc(Cl)cc2)nn([C@H]2CC(=O)[C@@H]3OC[C@@H]2O3)c1=S. The Balaban J connectivity index is 1.76. The second kappa shape index (κ2) is 5.52. The summed E-state index contributed by atoms with van der Waals surface area (Å²) >= 11 is 11.4.